The quantitative estimate of drug-likeness (QED) is 0.684. The van der Waals surface area contributed by atoms with Gasteiger partial charge in [0.25, 0.3) is 0 Å². The third-order valence-corrected chi connectivity index (χ3v) is 5.91. The van der Waals surface area contributed by atoms with E-state index in [4.69, 9.17) is 5.11 Å². The molecule has 0 aliphatic carbocycles. The largest absolute Gasteiger partial charge is 0.480 e. The second-order valence-corrected chi connectivity index (χ2v) is 7.80. The molecule has 0 spiro atoms. The number of allylic oxidation sites excluding steroid dienone is 1. The van der Waals surface area contributed by atoms with E-state index >= 15 is 0 Å². The van der Waals surface area contributed by atoms with Gasteiger partial charge >= 0.3 is 5.97 Å². The Labute approximate surface area is 177 Å². The number of hydrogen-bond donors (Lipinski definition) is 3. The van der Waals surface area contributed by atoms with Crippen LogP contribution >= 0.6 is 12.4 Å². The highest BCUT2D eigenvalue weighted by Gasteiger charge is 2.24. The topological polar surface area (TPSA) is 113 Å². The molecule has 2 aliphatic heterocycles. The number of nitrogens with one attached hydrogen (secondary N) is 2. The molecule has 0 amide bonds. The van der Waals surface area contributed by atoms with Crippen LogP contribution in [0.15, 0.2) is 24.3 Å². The average molecular weight is 423 g/mol. The van der Waals surface area contributed by atoms with Gasteiger partial charge in [-0.1, -0.05) is 24.3 Å². The summed E-state index contributed by atoms with van der Waals surface area (Å²) in [5.74, 6) is 0.356. The maximum atomic E-state index is 10.9. The number of aliphatic carboxylic acids is 1. The van der Waals surface area contributed by atoms with Crippen molar-refractivity contribution in [2.45, 2.75) is 31.6 Å². The number of H-pyrrole nitrogens is 1. The predicted octanol–water partition coefficient (Wildman–Crippen LogP) is 2.44. The molecule has 0 atom stereocenters. The summed E-state index contributed by atoms with van der Waals surface area (Å²) in [6.45, 7) is 4.02. The number of piperidine rings is 2. The molecule has 2 saturated heterocycles. The van der Waals surface area contributed by atoms with Gasteiger partial charge in [-0.05, 0) is 69.4 Å². The second-order valence-electron chi connectivity index (χ2n) is 7.80. The Bertz CT molecular complexity index is 824. The van der Waals surface area contributed by atoms with Gasteiger partial charge in [-0.3, -0.25) is 14.8 Å². The molecule has 0 bridgehead atoms. The van der Waals surface area contributed by atoms with Gasteiger partial charge in [0.15, 0.2) is 0 Å². The molecule has 2 aliphatic rings. The number of carbonyl (C=O) groups is 1. The lowest BCUT2D eigenvalue weighted by atomic mass is 9.91. The first-order valence-corrected chi connectivity index (χ1v) is 10.00. The minimum atomic E-state index is -0.745. The highest BCUT2D eigenvalue weighted by Crippen LogP contribution is 2.32. The first kappa shape index (κ1) is 23.3. The summed E-state index contributed by atoms with van der Waals surface area (Å²) >= 11 is 0. The van der Waals surface area contributed by atoms with Gasteiger partial charge < -0.3 is 15.9 Å². The summed E-state index contributed by atoms with van der Waals surface area (Å²) in [6.07, 6.45) is 8.95. The van der Waals surface area contributed by atoms with Crippen LogP contribution in [0.5, 0.6) is 0 Å². The van der Waals surface area contributed by atoms with Crippen molar-refractivity contribution in [2.24, 2.45) is 5.92 Å². The number of aromatic amines is 1. The molecule has 2 aromatic rings. The first-order chi connectivity index (χ1) is 13.2. The highest BCUT2D eigenvalue weighted by molar-refractivity contribution is 5.85. The van der Waals surface area contributed by atoms with Gasteiger partial charge in [0.2, 0.25) is 0 Å². The molecular weight excluding hydrogens is 392 g/mol. The monoisotopic (exact) mass is 422 g/mol. The van der Waals surface area contributed by atoms with E-state index in [1.54, 1.807) is 0 Å². The van der Waals surface area contributed by atoms with Crippen molar-refractivity contribution < 1.29 is 15.4 Å². The lowest BCUT2D eigenvalue weighted by molar-refractivity contribution is -0.138. The number of rotatable bonds is 5. The zero-order valence-electron chi connectivity index (χ0n) is 16.6. The summed E-state index contributed by atoms with van der Waals surface area (Å²) in [4.78, 5) is 12.9. The molecule has 5 N–H and O–H groups in total. The minimum absolute atomic E-state index is 0. The van der Waals surface area contributed by atoms with Crippen molar-refractivity contribution in [2.75, 3.05) is 32.7 Å². The molecule has 29 heavy (non-hydrogen) atoms. The second kappa shape index (κ2) is 10.7. The lowest BCUT2D eigenvalue weighted by Gasteiger charge is -2.30. The molecule has 0 unspecified atom stereocenters. The summed E-state index contributed by atoms with van der Waals surface area (Å²) < 4.78 is 0. The standard InChI is InChI=1S/C21H28N4O2.ClH.H2O/c26-20(27)14-25-11-7-17(8-12-25)21-18-4-3-16(13-19(18)23-24-21)2-1-15-5-9-22-10-6-15;;/h1-4,13,15,17,22H,5-12,14H2,(H,23,24)(H,26,27);1H;1H2/b2-1+;;. The number of nitrogens with zero attached hydrogens (tertiary/aromatic N) is 2. The maximum absolute atomic E-state index is 10.9. The van der Waals surface area contributed by atoms with E-state index in [1.165, 1.54) is 29.5 Å². The number of carboxylic acids is 1. The molecular formula is C21H31ClN4O3. The fourth-order valence-electron chi connectivity index (χ4n) is 4.32. The third kappa shape index (κ3) is 5.79. The van der Waals surface area contributed by atoms with E-state index in [1.807, 2.05) is 4.90 Å². The van der Waals surface area contributed by atoms with E-state index < -0.39 is 5.97 Å². The minimum Gasteiger partial charge on any atom is -0.480 e. The number of fused-ring (bicyclic) bond motifs is 1. The van der Waals surface area contributed by atoms with Crippen molar-refractivity contribution >= 4 is 35.4 Å². The SMILES string of the molecule is Cl.O.O=C(O)CN1CCC(c2[nH]nc3cc(/C=C/C4CCNCC4)ccc23)CC1. The molecule has 0 saturated carbocycles. The number of likely N-dealkylation sites (tertiary alicyclic amines) is 1. The Morgan fingerprint density at radius 3 is 2.62 bits per heavy atom. The summed E-state index contributed by atoms with van der Waals surface area (Å²) in [6, 6.07) is 6.52. The fourth-order valence-corrected chi connectivity index (χ4v) is 4.32. The molecule has 4 rings (SSSR count). The van der Waals surface area contributed by atoms with Crippen LogP contribution in [0.1, 0.15) is 42.9 Å². The fraction of sp³-hybridized carbons (Fsp3) is 0.524. The van der Waals surface area contributed by atoms with E-state index in [0.29, 0.717) is 11.8 Å². The molecule has 0 radical (unpaired) electrons. The number of carboxylic acid groups (broad SMARTS) is 1. The van der Waals surface area contributed by atoms with Gasteiger partial charge in [0.1, 0.15) is 0 Å². The van der Waals surface area contributed by atoms with Crippen LogP contribution in [0.3, 0.4) is 0 Å². The number of hydrogen-bond acceptors (Lipinski definition) is 4. The average Bonchev–Trinajstić information content (AvgIpc) is 3.10. The number of benzene rings is 1. The van der Waals surface area contributed by atoms with Crippen LogP contribution in [-0.2, 0) is 4.79 Å². The van der Waals surface area contributed by atoms with Crippen LogP contribution in [0.2, 0.25) is 0 Å². The smallest absolute Gasteiger partial charge is 0.317 e. The van der Waals surface area contributed by atoms with Gasteiger partial charge in [0.05, 0.1) is 12.1 Å². The number of halogens is 1. The Balaban J connectivity index is 0.00000150. The van der Waals surface area contributed by atoms with Crippen LogP contribution in [0.25, 0.3) is 17.0 Å². The zero-order valence-corrected chi connectivity index (χ0v) is 17.4. The Kier molecular flexibility index (Phi) is 8.64. The van der Waals surface area contributed by atoms with Crippen molar-refractivity contribution in [1.82, 2.24) is 20.4 Å². The molecule has 1 aromatic heterocycles. The van der Waals surface area contributed by atoms with Crippen LogP contribution in [-0.4, -0.2) is 64.4 Å². The van der Waals surface area contributed by atoms with E-state index in [-0.39, 0.29) is 24.4 Å². The highest BCUT2D eigenvalue weighted by atomic mass is 35.5. The molecule has 8 heteroatoms. The van der Waals surface area contributed by atoms with Crippen LogP contribution < -0.4 is 5.32 Å². The summed E-state index contributed by atoms with van der Waals surface area (Å²) in [5.41, 5.74) is 3.43. The zero-order chi connectivity index (χ0) is 18.6. The van der Waals surface area contributed by atoms with Gasteiger partial charge in [-0.15, -0.1) is 12.4 Å². The van der Waals surface area contributed by atoms with Crippen molar-refractivity contribution in [1.29, 1.82) is 0 Å². The summed E-state index contributed by atoms with van der Waals surface area (Å²) in [5, 5.41) is 21.3. The lowest BCUT2D eigenvalue weighted by Crippen LogP contribution is -2.36. The van der Waals surface area contributed by atoms with E-state index in [9.17, 15) is 4.79 Å². The normalized spacial score (nSPS) is 19.2. The van der Waals surface area contributed by atoms with Crippen molar-refractivity contribution in [3.63, 3.8) is 0 Å². The van der Waals surface area contributed by atoms with E-state index in [0.717, 1.165) is 44.5 Å². The van der Waals surface area contributed by atoms with Crippen molar-refractivity contribution in [3.8, 4) is 0 Å². The number of aromatic nitrogens is 2. The van der Waals surface area contributed by atoms with Gasteiger partial charge in [0, 0.05) is 17.0 Å². The molecule has 1 aromatic carbocycles. The van der Waals surface area contributed by atoms with E-state index in [2.05, 4.69) is 45.9 Å². The van der Waals surface area contributed by atoms with Crippen LogP contribution in [0.4, 0.5) is 0 Å². The first-order valence-electron chi connectivity index (χ1n) is 10.00. The van der Waals surface area contributed by atoms with Crippen molar-refractivity contribution in [3.05, 3.63) is 35.5 Å². The Morgan fingerprint density at radius 2 is 1.93 bits per heavy atom. The summed E-state index contributed by atoms with van der Waals surface area (Å²) in [7, 11) is 0. The molecule has 7 nitrogen and oxygen atoms in total. The molecule has 160 valence electrons. The van der Waals surface area contributed by atoms with Gasteiger partial charge in [-0.25, -0.2) is 0 Å². The third-order valence-electron chi connectivity index (χ3n) is 5.91. The molecule has 3 heterocycles. The maximum Gasteiger partial charge on any atom is 0.317 e. The molecule has 2 fully saturated rings. The Morgan fingerprint density at radius 1 is 1.21 bits per heavy atom. The van der Waals surface area contributed by atoms with Crippen LogP contribution in [0, 0.1) is 5.92 Å². The predicted molar refractivity (Wildman–Crippen MR) is 118 cm³/mol. The Hall–Kier alpha value is -1.93. The van der Waals surface area contributed by atoms with Gasteiger partial charge in [-0.2, -0.15) is 5.10 Å².